The van der Waals surface area contributed by atoms with Crippen molar-refractivity contribution in [1.82, 2.24) is 19.6 Å². The summed E-state index contributed by atoms with van der Waals surface area (Å²) < 4.78 is 62.8. The molecule has 3 aromatic rings. The Kier molecular flexibility index (Phi) is 10.1. The first kappa shape index (κ1) is 34.1. The fourth-order valence-corrected chi connectivity index (χ4v) is 5.02. The van der Waals surface area contributed by atoms with Crippen LogP contribution in [0.15, 0.2) is 36.5 Å². The van der Waals surface area contributed by atoms with Gasteiger partial charge in [-0.05, 0) is 70.5 Å². The molecular weight excluding hydrogens is 606 g/mol. The number of benzene rings is 1. The van der Waals surface area contributed by atoms with E-state index in [0.717, 1.165) is 4.90 Å². The summed E-state index contributed by atoms with van der Waals surface area (Å²) in [6.07, 6.45) is -6.05. The van der Waals surface area contributed by atoms with Crippen LogP contribution in [0.2, 0.25) is 0 Å². The third kappa shape index (κ3) is 8.25. The molecule has 1 aromatic carbocycles. The van der Waals surface area contributed by atoms with Gasteiger partial charge in [-0.3, -0.25) is 9.69 Å². The number of halogens is 4. The molecule has 4 rings (SSSR count). The normalized spacial score (nSPS) is 17.0. The zero-order chi connectivity index (χ0) is 33.8. The number of fused-ring (bicyclic) bond motifs is 1. The zero-order valence-electron chi connectivity index (χ0n) is 26.1. The molecule has 46 heavy (non-hydrogen) atoms. The van der Waals surface area contributed by atoms with E-state index in [2.05, 4.69) is 27.5 Å². The number of pyridine rings is 1. The molecule has 2 N–H and O–H groups in total. The molecule has 0 bridgehead atoms. The number of carbonyl (C=O) groups is 2. The number of hydrogen-bond acceptors (Lipinski definition) is 7. The van der Waals surface area contributed by atoms with Crippen LogP contribution in [0.4, 0.5) is 33.7 Å². The average Bonchev–Trinajstić information content (AvgIpc) is 3.31. The van der Waals surface area contributed by atoms with Gasteiger partial charge in [-0.15, -0.1) is 0 Å². The number of imidazole rings is 1. The molecule has 2 atom stereocenters. The number of aromatic nitrogens is 2. The molecular formula is C32H35F4N7O3. The monoisotopic (exact) mass is 641 g/mol. The lowest BCUT2D eigenvalue weighted by atomic mass is 10.0. The number of amides is 2. The van der Waals surface area contributed by atoms with Crippen LogP contribution in [0.25, 0.3) is 5.65 Å². The Bertz CT molecular complexity index is 1710. The highest BCUT2D eigenvalue weighted by Gasteiger charge is 2.33. The topological polar surface area (TPSA) is 115 Å². The second-order valence-electron chi connectivity index (χ2n) is 11.9. The van der Waals surface area contributed by atoms with E-state index in [-0.39, 0.29) is 46.9 Å². The summed E-state index contributed by atoms with van der Waals surface area (Å²) in [5.74, 6) is 4.96. The van der Waals surface area contributed by atoms with E-state index < -0.39 is 42.4 Å². The van der Waals surface area contributed by atoms with Crippen LogP contribution >= 0.6 is 0 Å². The van der Waals surface area contributed by atoms with Gasteiger partial charge in [-0.2, -0.15) is 18.4 Å². The summed E-state index contributed by atoms with van der Waals surface area (Å²) in [5, 5.41) is 15.4. The first-order valence-corrected chi connectivity index (χ1v) is 14.5. The van der Waals surface area contributed by atoms with Gasteiger partial charge >= 0.3 is 12.3 Å². The van der Waals surface area contributed by atoms with Crippen molar-refractivity contribution in [3.63, 3.8) is 0 Å². The maximum Gasteiger partial charge on any atom is 0.415 e. The van der Waals surface area contributed by atoms with Gasteiger partial charge in [0.15, 0.2) is 5.65 Å². The highest BCUT2D eigenvalue weighted by Crippen LogP contribution is 2.29. The van der Waals surface area contributed by atoms with Crippen LogP contribution in [0, 0.1) is 23.2 Å². The van der Waals surface area contributed by atoms with Gasteiger partial charge in [0, 0.05) is 31.9 Å². The Morgan fingerprint density at radius 3 is 2.59 bits per heavy atom. The third-order valence-corrected chi connectivity index (χ3v) is 7.16. The predicted octanol–water partition coefficient (Wildman–Crippen LogP) is 4.92. The highest BCUT2D eigenvalue weighted by molar-refractivity contribution is 5.96. The van der Waals surface area contributed by atoms with Crippen LogP contribution in [-0.4, -0.2) is 84.0 Å². The van der Waals surface area contributed by atoms with Crippen molar-refractivity contribution in [3.8, 4) is 17.9 Å². The van der Waals surface area contributed by atoms with Crippen molar-refractivity contribution in [2.45, 2.75) is 57.6 Å². The van der Waals surface area contributed by atoms with Crippen molar-refractivity contribution >= 4 is 29.0 Å². The molecule has 10 nitrogen and oxygen atoms in total. The SMILES string of the molecule is CNC(=O)c1ccc(N(CC#Cc2nc3c(N[C@@H]4CCN(C)C[C@@H]4F)cccn3c2CC(F)(F)F)C(=O)OC(C)(C)C)c(C#N)c1. The van der Waals surface area contributed by atoms with E-state index in [4.69, 9.17) is 4.74 Å². The minimum Gasteiger partial charge on any atom is -0.443 e. The van der Waals surface area contributed by atoms with Gasteiger partial charge in [0.05, 0.1) is 41.6 Å². The lowest BCUT2D eigenvalue weighted by Crippen LogP contribution is -2.46. The number of nitrogens with one attached hydrogen (secondary N) is 2. The number of likely N-dealkylation sites (tertiary alicyclic amines) is 1. The number of hydrogen-bond donors (Lipinski definition) is 2. The molecule has 0 radical (unpaired) electrons. The minimum absolute atomic E-state index is 0.0185. The van der Waals surface area contributed by atoms with Crippen LogP contribution in [0.3, 0.4) is 0 Å². The Hall–Kier alpha value is -4.82. The fourth-order valence-electron chi connectivity index (χ4n) is 5.02. The largest absolute Gasteiger partial charge is 0.443 e. The van der Waals surface area contributed by atoms with Gasteiger partial charge in [0.1, 0.15) is 23.5 Å². The van der Waals surface area contributed by atoms with Crippen molar-refractivity contribution in [1.29, 1.82) is 5.26 Å². The molecule has 1 aliphatic rings. The minimum atomic E-state index is -4.59. The molecule has 244 valence electrons. The van der Waals surface area contributed by atoms with Gasteiger partial charge in [-0.1, -0.05) is 5.92 Å². The number of piperidine rings is 1. The summed E-state index contributed by atoms with van der Waals surface area (Å²) in [6.45, 7) is 5.45. The maximum absolute atomic E-state index is 14.8. The lowest BCUT2D eigenvalue weighted by Gasteiger charge is -2.33. The first-order chi connectivity index (χ1) is 21.6. The van der Waals surface area contributed by atoms with Crippen LogP contribution in [0.1, 0.15) is 54.5 Å². The van der Waals surface area contributed by atoms with E-state index in [1.165, 1.54) is 35.8 Å². The Balaban J connectivity index is 1.74. The second kappa shape index (κ2) is 13.7. The Labute approximate surface area is 264 Å². The summed E-state index contributed by atoms with van der Waals surface area (Å²) in [4.78, 5) is 32.7. The molecule has 0 aliphatic carbocycles. The van der Waals surface area contributed by atoms with E-state index in [1.807, 2.05) is 18.0 Å². The number of carbonyl (C=O) groups excluding carboxylic acids is 2. The molecule has 0 unspecified atom stereocenters. The van der Waals surface area contributed by atoms with Gasteiger partial charge in [0.25, 0.3) is 5.91 Å². The van der Waals surface area contributed by atoms with E-state index in [9.17, 15) is 32.4 Å². The average molecular weight is 642 g/mol. The number of ether oxygens (including phenoxy) is 1. The lowest BCUT2D eigenvalue weighted by molar-refractivity contribution is -0.128. The Morgan fingerprint density at radius 1 is 1.22 bits per heavy atom. The fraction of sp³-hybridized carbons (Fsp3) is 0.438. The molecule has 1 fully saturated rings. The second-order valence-corrected chi connectivity index (χ2v) is 11.9. The highest BCUT2D eigenvalue weighted by atomic mass is 19.4. The van der Waals surface area contributed by atoms with Gasteiger partial charge < -0.3 is 24.7 Å². The number of nitrogens with zero attached hydrogens (tertiary/aromatic N) is 5. The standard InChI is InChI=1S/C32H35F4N7O3/c1-31(2,3)46-30(45)43(26-11-10-20(29(44)38-4)16-21(26)18-37)14-6-8-24-27(17-32(34,35)36)42-13-7-9-25(28(42)40-24)39-23-12-15-41(5)19-22(23)33/h7,9-11,13,16,22-23,39H,12,14-15,17,19H2,1-5H3,(H,38,44)/t22-,23+/m0/s1. The number of alkyl halides is 4. The summed E-state index contributed by atoms with van der Waals surface area (Å²) >= 11 is 0. The molecule has 1 aliphatic heterocycles. The first-order valence-electron chi connectivity index (χ1n) is 14.5. The number of rotatable bonds is 6. The van der Waals surface area contributed by atoms with Crippen LogP contribution < -0.4 is 15.5 Å². The van der Waals surface area contributed by atoms with Crippen molar-refractivity contribution < 1.29 is 31.9 Å². The predicted molar refractivity (Wildman–Crippen MR) is 164 cm³/mol. The van der Waals surface area contributed by atoms with E-state index >= 15 is 0 Å². The van der Waals surface area contributed by atoms with Gasteiger partial charge in [0.2, 0.25) is 0 Å². The summed E-state index contributed by atoms with van der Waals surface area (Å²) in [7, 11) is 3.25. The van der Waals surface area contributed by atoms with Crippen molar-refractivity contribution in [3.05, 3.63) is 59.0 Å². The molecule has 1 saturated heterocycles. The van der Waals surface area contributed by atoms with E-state index in [0.29, 0.717) is 18.7 Å². The smallest absolute Gasteiger partial charge is 0.415 e. The quantitative estimate of drug-likeness (QED) is 0.290. The van der Waals surface area contributed by atoms with Gasteiger partial charge in [-0.25, -0.2) is 14.2 Å². The molecule has 14 heteroatoms. The van der Waals surface area contributed by atoms with Crippen LogP contribution in [-0.2, 0) is 11.2 Å². The molecule has 0 saturated carbocycles. The van der Waals surface area contributed by atoms with Crippen molar-refractivity contribution in [2.24, 2.45) is 0 Å². The number of anilines is 2. The van der Waals surface area contributed by atoms with E-state index in [1.54, 1.807) is 32.9 Å². The molecule has 0 spiro atoms. The molecule has 2 amide bonds. The summed E-state index contributed by atoms with van der Waals surface area (Å²) in [6, 6.07) is 8.71. The van der Waals surface area contributed by atoms with Crippen molar-refractivity contribution in [2.75, 3.05) is 43.9 Å². The van der Waals surface area contributed by atoms with Crippen LogP contribution in [0.5, 0.6) is 0 Å². The zero-order valence-corrected chi connectivity index (χ0v) is 26.1. The number of nitriles is 1. The molecule has 3 heterocycles. The molecule has 2 aromatic heterocycles. The third-order valence-electron chi connectivity index (χ3n) is 7.16. The Morgan fingerprint density at radius 2 is 1.96 bits per heavy atom. The maximum atomic E-state index is 14.8. The summed E-state index contributed by atoms with van der Waals surface area (Å²) in [5.41, 5.74) is -0.553.